The van der Waals surface area contributed by atoms with E-state index in [1.807, 2.05) is 65.7 Å². The SMILES string of the molecule is COc1ccc(CN(CC(C)(C)CN)C(=O)c2cccc(C)c2)cc1-c1ccc(N2CCC(Cc3ccccc3)CC2)c(NC(=O)c2cccs2)c1. The van der Waals surface area contributed by atoms with Crippen LogP contribution in [-0.2, 0) is 13.0 Å². The maximum Gasteiger partial charge on any atom is 0.265 e. The van der Waals surface area contributed by atoms with E-state index in [4.69, 9.17) is 10.5 Å². The third-order valence-corrected chi connectivity index (χ3v) is 10.9. The topological polar surface area (TPSA) is 87.9 Å². The summed E-state index contributed by atoms with van der Waals surface area (Å²) in [5.74, 6) is 1.19. The van der Waals surface area contributed by atoms with Crippen LogP contribution in [0.2, 0.25) is 0 Å². The third kappa shape index (κ3) is 9.11. The van der Waals surface area contributed by atoms with Crippen molar-refractivity contribution in [3.8, 4) is 16.9 Å². The molecule has 1 aromatic heterocycles. The zero-order chi connectivity index (χ0) is 36.7. The van der Waals surface area contributed by atoms with Crippen LogP contribution in [0.25, 0.3) is 11.1 Å². The van der Waals surface area contributed by atoms with E-state index >= 15 is 0 Å². The van der Waals surface area contributed by atoms with Crippen molar-refractivity contribution in [1.82, 2.24) is 4.90 Å². The van der Waals surface area contributed by atoms with Gasteiger partial charge in [0.25, 0.3) is 11.8 Å². The Morgan fingerprint density at radius 1 is 0.923 bits per heavy atom. The van der Waals surface area contributed by atoms with Crippen LogP contribution in [-0.4, -0.2) is 50.0 Å². The van der Waals surface area contributed by atoms with Crippen molar-refractivity contribution in [2.24, 2.45) is 17.1 Å². The number of anilines is 2. The summed E-state index contributed by atoms with van der Waals surface area (Å²) in [5, 5.41) is 5.17. The van der Waals surface area contributed by atoms with Gasteiger partial charge in [0, 0.05) is 37.3 Å². The lowest BCUT2D eigenvalue weighted by Gasteiger charge is -2.35. The van der Waals surface area contributed by atoms with Crippen molar-refractivity contribution < 1.29 is 14.3 Å². The number of methoxy groups -OCH3 is 1. The molecule has 270 valence electrons. The van der Waals surface area contributed by atoms with E-state index in [1.54, 1.807) is 7.11 Å². The molecule has 0 atom stereocenters. The average Bonchev–Trinajstić information content (AvgIpc) is 3.71. The first-order valence-electron chi connectivity index (χ1n) is 18.1. The van der Waals surface area contributed by atoms with Crippen LogP contribution in [0.4, 0.5) is 11.4 Å². The number of aryl methyl sites for hydroxylation is 1. The van der Waals surface area contributed by atoms with Gasteiger partial charge in [-0.2, -0.15) is 0 Å². The van der Waals surface area contributed by atoms with E-state index in [-0.39, 0.29) is 17.2 Å². The molecule has 0 bridgehead atoms. The fourth-order valence-corrected chi connectivity index (χ4v) is 7.66. The molecular weight excluding hydrogens is 665 g/mol. The molecule has 8 heteroatoms. The fraction of sp³-hybridized carbons (Fsp3) is 0.318. The summed E-state index contributed by atoms with van der Waals surface area (Å²) in [6.45, 7) is 9.37. The van der Waals surface area contributed by atoms with Crippen molar-refractivity contribution >= 4 is 34.5 Å². The highest BCUT2D eigenvalue weighted by atomic mass is 32.1. The van der Waals surface area contributed by atoms with E-state index in [1.165, 1.54) is 16.9 Å². The average molecular weight is 715 g/mol. The van der Waals surface area contributed by atoms with Crippen molar-refractivity contribution in [2.45, 2.75) is 46.6 Å². The first-order chi connectivity index (χ1) is 25.1. The number of carbonyl (C=O) groups excluding carboxylic acids is 2. The summed E-state index contributed by atoms with van der Waals surface area (Å²) in [6.07, 6.45) is 3.26. The van der Waals surface area contributed by atoms with E-state index < -0.39 is 0 Å². The molecule has 0 radical (unpaired) electrons. The Kier molecular flexibility index (Phi) is 11.8. The number of hydrogen-bond donors (Lipinski definition) is 2. The zero-order valence-corrected chi connectivity index (χ0v) is 31.5. The second-order valence-corrected chi connectivity index (χ2v) is 15.7. The van der Waals surface area contributed by atoms with Crippen LogP contribution in [0.3, 0.4) is 0 Å². The van der Waals surface area contributed by atoms with Gasteiger partial charge in [-0.15, -0.1) is 11.3 Å². The molecule has 0 unspecified atom stereocenters. The van der Waals surface area contributed by atoms with Crippen molar-refractivity contribution in [1.29, 1.82) is 0 Å². The monoisotopic (exact) mass is 714 g/mol. The van der Waals surface area contributed by atoms with Crippen LogP contribution in [0.5, 0.6) is 5.75 Å². The lowest BCUT2D eigenvalue weighted by Crippen LogP contribution is -2.41. The van der Waals surface area contributed by atoms with E-state index in [0.29, 0.717) is 41.7 Å². The fourth-order valence-electron chi connectivity index (χ4n) is 7.04. The van der Waals surface area contributed by atoms with Gasteiger partial charge >= 0.3 is 0 Å². The van der Waals surface area contributed by atoms with Crippen LogP contribution >= 0.6 is 11.3 Å². The second-order valence-electron chi connectivity index (χ2n) is 14.7. The Hall–Kier alpha value is -4.92. The third-order valence-electron chi connectivity index (χ3n) is 9.98. The van der Waals surface area contributed by atoms with Gasteiger partial charge in [-0.25, -0.2) is 0 Å². The molecule has 1 aliphatic rings. The summed E-state index contributed by atoms with van der Waals surface area (Å²) < 4.78 is 5.88. The summed E-state index contributed by atoms with van der Waals surface area (Å²) in [4.78, 5) is 32.4. The van der Waals surface area contributed by atoms with Crippen LogP contribution in [0.15, 0.2) is 109 Å². The van der Waals surface area contributed by atoms with E-state index in [2.05, 4.69) is 78.7 Å². The molecule has 0 saturated carbocycles. The lowest BCUT2D eigenvalue weighted by atomic mass is 9.90. The molecule has 5 aromatic rings. The number of benzene rings is 4. The highest BCUT2D eigenvalue weighted by molar-refractivity contribution is 7.12. The maximum atomic E-state index is 13.9. The van der Waals surface area contributed by atoms with Gasteiger partial charge in [-0.05, 0) is 109 Å². The number of nitrogens with one attached hydrogen (secondary N) is 1. The van der Waals surface area contributed by atoms with Gasteiger partial charge < -0.3 is 25.6 Å². The molecule has 1 aliphatic heterocycles. The first-order valence-corrected chi connectivity index (χ1v) is 19.0. The number of nitrogens with zero attached hydrogens (tertiary/aromatic N) is 2. The summed E-state index contributed by atoms with van der Waals surface area (Å²) in [7, 11) is 1.67. The van der Waals surface area contributed by atoms with Gasteiger partial charge in [0.15, 0.2) is 0 Å². The largest absolute Gasteiger partial charge is 0.496 e. The smallest absolute Gasteiger partial charge is 0.265 e. The number of ether oxygens (including phenoxy) is 1. The molecule has 2 amide bonds. The highest BCUT2D eigenvalue weighted by Crippen LogP contribution is 2.38. The number of nitrogens with two attached hydrogens (primary N) is 1. The zero-order valence-electron chi connectivity index (χ0n) is 30.7. The minimum atomic E-state index is -0.268. The predicted octanol–water partition coefficient (Wildman–Crippen LogP) is 9.07. The molecular formula is C44H50N4O3S. The van der Waals surface area contributed by atoms with Crippen LogP contribution in [0.1, 0.15) is 63.4 Å². The molecule has 7 nitrogen and oxygen atoms in total. The van der Waals surface area contributed by atoms with Gasteiger partial charge in [0.2, 0.25) is 0 Å². The van der Waals surface area contributed by atoms with Gasteiger partial charge in [-0.1, -0.05) is 80.1 Å². The minimum Gasteiger partial charge on any atom is -0.496 e. The number of piperidine rings is 1. The van der Waals surface area contributed by atoms with E-state index in [0.717, 1.165) is 66.0 Å². The lowest BCUT2D eigenvalue weighted by molar-refractivity contribution is 0.0673. The summed E-state index contributed by atoms with van der Waals surface area (Å²) in [5.41, 5.74) is 13.5. The van der Waals surface area contributed by atoms with Crippen molar-refractivity contribution in [2.75, 3.05) is 43.5 Å². The first kappa shape index (κ1) is 36.9. The predicted molar refractivity (Wildman–Crippen MR) is 215 cm³/mol. The van der Waals surface area contributed by atoms with Gasteiger partial charge in [0.05, 0.1) is 23.4 Å². The Morgan fingerprint density at radius 3 is 2.40 bits per heavy atom. The number of thiophene rings is 1. The maximum absolute atomic E-state index is 13.9. The standard InChI is InChI=1S/C44H50N4O3S/c1-31-10-8-13-36(24-31)43(50)48(30-44(2,3)29-45)28-34-15-18-40(51-4)37(26-34)35-16-17-39(38(27-35)46-42(49)41-14-9-23-52-41)47-21-19-33(20-22-47)25-32-11-6-5-7-12-32/h5-18,23-24,26-27,33H,19-22,25,28-30,45H2,1-4H3,(H,46,49). The molecule has 0 spiro atoms. The van der Waals surface area contributed by atoms with Gasteiger partial charge in [0.1, 0.15) is 5.75 Å². The molecule has 6 rings (SSSR count). The summed E-state index contributed by atoms with van der Waals surface area (Å²) >= 11 is 1.43. The molecule has 2 heterocycles. The Labute approximate surface area is 312 Å². The Balaban J connectivity index is 1.30. The van der Waals surface area contributed by atoms with Crippen molar-refractivity contribution in [3.05, 3.63) is 136 Å². The summed E-state index contributed by atoms with van der Waals surface area (Å²) in [6, 6.07) is 34.6. The van der Waals surface area contributed by atoms with E-state index in [9.17, 15) is 9.59 Å². The number of carbonyl (C=O) groups is 2. The molecule has 0 aliphatic carbocycles. The normalized spacial score (nSPS) is 13.5. The molecule has 1 saturated heterocycles. The minimum absolute atomic E-state index is 0.0296. The van der Waals surface area contributed by atoms with Gasteiger partial charge in [-0.3, -0.25) is 9.59 Å². The van der Waals surface area contributed by atoms with Crippen LogP contribution in [0, 0.1) is 18.3 Å². The molecule has 52 heavy (non-hydrogen) atoms. The highest BCUT2D eigenvalue weighted by Gasteiger charge is 2.26. The Morgan fingerprint density at radius 2 is 1.71 bits per heavy atom. The van der Waals surface area contributed by atoms with Crippen LogP contribution < -0.4 is 20.7 Å². The molecule has 4 aromatic carbocycles. The Bertz CT molecular complexity index is 1970. The number of hydrogen-bond acceptors (Lipinski definition) is 6. The quantitative estimate of drug-likeness (QED) is 0.127. The van der Waals surface area contributed by atoms with Crippen molar-refractivity contribution in [3.63, 3.8) is 0 Å². The second kappa shape index (κ2) is 16.6. The molecule has 3 N–H and O–H groups in total. The number of amides is 2. The molecule has 1 fully saturated rings. The number of rotatable bonds is 13.